The lowest BCUT2D eigenvalue weighted by Gasteiger charge is -2.38. The molecule has 0 aromatic carbocycles. The number of aryl methyl sites for hydroxylation is 2. The second-order valence-corrected chi connectivity index (χ2v) is 5.71. The number of hydrogen-bond donors (Lipinski definition) is 1. The number of nitrogens with one attached hydrogen (secondary N) is 1. The van der Waals surface area contributed by atoms with Gasteiger partial charge in [0.1, 0.15) is 6.10 Å². The SMILES string of the molecule is Cc1cccc(OC2CN(C(=O)CCn3ccc(=O)[nH]c3=O)C2)n1. The van der Waals surface area contributed by atoms with Gasteiger partial charge < -0.3 is 14.2 Å². The number of ether oxygens (including phenoxy) is 1. The number of amides is 1. The van der Waals surface area contributed by atoms with Gasteiger partial charge in [-0.2, -0.15) is 0 Å². The number of aromatic nitrogens is 3. The van der Waals surface area contributed by atoms with Crippen molar-refractivity contribution in [3.63, 3.8) is 0 Å². The summed E-state index contributed by atoms with van der Waals surface area (Å²) in [5, 5.41) is 0. The lowest BCUT2D eigenvalue weighted by molar-refractivity contribution is -0.140. The number of pyridine rings is 1. The van der Waals surface area contributed by atoms with Gasteiger partial charge in [-0.25, -0.2) is 9.78 Å². The predicted octanol–water partition coefficient (Wildman–Crippen LogP) is -0.0801. The molecule has 3 heterocycles. The molecule has 0 unspecified atom stereocenters. The van der Waals surface area contributed by atoms with E-state index in [9.17, 15) is 14.4 Å². The lowest BCUT2D eigenvalue weighted by atomic mass is 10.1. The Hall–Kier alpha value is -2.90. The van der Waals surface area contributed by atoms with Crippen LogP contribution in [0.25, 0.3) is 0 Å². The highest BCUT2D eigenvalue weighted by Gasteiger charge is 2.32. The highest BCUT2D eigenvalue weighted by molar-refractivity contribution is 5.77. The summed E-state index contributed by atoms with van der Waals surface area (Å²) >= 11 is 0. The van der Waals surface area contributed by atoms with Crippen LogP contribution in [-0.2, 0) is 11.3 Å². The van der Waals surface area contributed by atoms with Crippen molar-refractivity contribution in [3.8, 4) is 5.88 Å². The van der Waals surface area contributed by atoms with E-state index >= 15 is 0 Å². The van der Waals surface area contributed by atoms with Crippen molar-refractivity contribution in [3.05, 3.63) is 57.0 Å². The summed E-state index contributed by atoms with van der Waals surface area (Å²) < 4.78 is 7.02. The molecule has 8 heteroatoms. The quantitative estimate of drug-likeness (QED) is 0.827. The normalized spacial score (nSPS) is 14.3. The summed E-state index contributed by atoms with van der Waals surface area (Å²) in [6, 6.07) is 6.82. The highest BCUT2D eigenvalue weighted by atomic mass is 16.5. The van der Waals surface area contributed by atoms with E-state index < -0.39 is 11.2 Å². The fourth-order valence-electron chi connectivity index (χ4n) is 2.47. The number of carbonyl (C=O) groups excluding carboxylic acids is 1. The van der Waals surface area contributed by atoms with Crippen LogP contribution in [0, 0.1) is 6.92 Å². The Morgan fingerprint density at radius 2 is 2.12 bits per heavy atom. The van der Waals surface area contributed by atoms with Crippen molar-refractivity contribution in [2.75, 3.05) is 13.1 Å². The molecule has 126 valence electrons. The van der Waals surface area contributed by atoms with Crippen LogP contribution < -0.4 is 16.0 Å². The molecule has 2 aromatic rings. The van der Waals surface area contributed by atoms with Gasteiger partial charge in [-0.15, -0.1) is 0 Å². The summed E-state index contributed by atoms with van der Waals surface area (Å²) in [6.07, 6.45) is 1.53. The highest BCUT2D eigenvalue weighted by Crippen LogP contribution is 2.17. The first kappa shape index (κ1) is 16.0. The van der Waals surface area contributed by atoms with Crippen LogP contribution in [0.4, 0.5) is 0 Å². The zero-order valence-corrected chi connectivity index (χ0v) is 13.3. The molecule has 3 rings (SSSR count). The summed E-state index contributed by atoms with van der Waals surface area (Å²) in [4.78, 5) is 42.7. The molecule has 1 N–H and O–H groups in total. The summed E-state index contributed by atoms with van der Waals surface area (Å²) in [5.74, 6) is 0.511. The van der Waals surface area contributed by atoms with Gasteiger partial charge in [-0.3, -0.25) is 14.6 Å². The molecular weight excluding hydrogens is 312 g/mol. The third-order valence-electron chi connectivity index (χ3n) is 3.81. The van der Waals surface area contributed by atoms with Gasteiger partial charge in [-0.05, 0) is 13.0 Å². The van der Waals surface area contributed by atoms with E-state index in [0.29, 0.717) is 19.0 Å². The fraction of sp³-hybridized carbons (Fsp3) is 0.375. The number of likely N-dealkylation sites (tertiary alicyclic amines) is 1. The van der Waals surface area contributed by atoms with E-state index in [-0.39, 0.29) is 25.0 Å². The average molecular weight is 330 g/mol. The number of hydrogen-bond acceptors (Lipinski definition) is 5. The molecule has 1 aliphatic rings. The maximum atomic E-state index is 12.1. The first-order valence-electron chi connectivity index (χ1n) is 7.69. The maximum absolute atomic E-state index is 12.1. The standard InChI is InChI=1S/C16H18N4O4/c1-11-3-2-4-14(17-11)24-12-9-20(10-12)15(22)6-8-19-7-5-13(21)18-16(19)23/h2-5,7,12H,6,8-10H2,1H3,(H,18,21,23). The molecule has 0 bridgehead atoms. The molecule has 0 spiro atoms. The number of aromatic amines is 1. The molecule has 0 atom stereocenters. The summed E-state index contributed by atoms with van der Waals surface area (Å²) in [5.41, 5.74) is -0.0770. The van der Waals surface area contributed by atoms with E-state index in [1.807, 2.05) is 19.1 Å². The minimum atomic E-state index is -0.509. The molecule has 0 saturated carbocycles. The number of carbonyl (C=O) groups is 1. The molecule has 2 aromatic heterocycles. The molecule has 24 heavy (non-hydrogen) atoms. The van der Waals surface area contributed by atoms with Crippen LogP contribution in [0.5, 0.6) is 5.88 Å². The zero-order chi connectivity index (χ0) is 17.1. The van der Waals surface area contributed by atoms with E-state index in [0.717, 1.165) is 5.69 Å². The van der Waals surface area contributed by atoms with Crippen molar-refractivity contribution in [1.29, 1.82) is 0 Å². The van der Waals surface area contributed by atoms with Gasteiger partial charge >= 0.3 is 5.69 Å². The minimum absolute atomic E-state index is 0.0508. The van der Waals surface area contributed by atoms with Gasteiger partial charge in [0.15, 0.2) is 0 Å². The minimum Gasteiger partial charge on any atom is -0.471 e. The molecule has 1 amide bonds. The van der Waals surface area contributed by atoms with E-state index in [1.165, 1.54) is 16.8 Å². The molecule has 0 aliphatic carbocycles. The third kappa shape index (κ3) is 3.70. The second kappa shape index (κ2) is 6.69. The van der Waals surface area contributed by atoms with Crippen LogP contribution in [-0.4, -0.2) is 44.5 Å². The van der Waals surface area contributed by atoms with Crippen LogP contribution in [0.1, 0.15) is 12.1 Å². The van der Waals surface area contributed by atoms with Crippen LogP contribution in [0.3, 0.4) is 0 Å². The van der Waals surface area contributed by atoms with Crippen molar-refractivity contribution >= 4 is 5.91 Å². The van der Waals surface area contributed by atoms with Gasteiger partial charge in [0.25, 0.3) is 5.56 Å². The Balaban J connectivity index is 1.46. The van der Waals surface area contributed by atoms with E-state index in [4.69, 9.17) is 4.74 Å². The largest absolute Gasteiger partial charge is 0.471 e. The van der Waals surface area contributed by atoms with Crippen molar-refractivity contribution in [2.45, 2.75) is 26.0 Å². The van der Waals surface area contributed by atoms with Gasteiger partial charge in [0.2, 0.25) is 11.8 Å². The summed E-state index contributed by atoms with van der Waals surface area (Å²) in [6.45, 7) is 3.14. The molecule has 1 aliphatic heterocycles. The van der Waals surface area contributed by atoms with Crippen molar-refractivity contribution in [1.82, 2.24) is 19.4 Å². The Kier molecular flexibility index (Phi) is 4.45. The second-order valence-electron chi connectivity index (χ2n) is 5.71. The van der Waals surface area contributed by atoms with Crippen LogP contribution >= 0.6 is 0 Å². The first-order chi connectivity index (χ1) is 11.5. The lowest BCUT2D eigenvalue weighted by Crippen LogP contribution is -2.56. The predicted molar refractivity (Wildman–Crippen MR) is 85.9 cm³/mol. The van der Waals surface area contributed by atoms with Crippen molar-refractivity contribution < 1.29 is 9.53 Å². The maximum Gasteiger partial charge on any atom is 0.328 e. The molecule has 1 fully saturated rings. The first-order valence-corrected chi connectivity index (χ1v) is 7.69. The van der Waals surface area contributed by atoms with E-state index in [1.54, 1.807) is 11.0 Å². The number of nitrogens with zero attached hydrogens (tertiary/aromatic N) is 3. The van der Waals surface area contributed by atoms with Gasteiger partial charge in [0.05, 0.1) is 13.1 Å². The molecular formula is C16H18N4O4. The number of H-pyrrole nitrogens is 1. The van der Waals surface area contributed by atoms with Gasteiger partial charge in [0, 0.05) is 37.0 Å². The van der Waals surface area contributed by atoms with Crippen LogP contribution in [0.2, 0.25) is 0 Å². The zero-order valence-electron chi connectivity index (χ0n) is 13.3. The van der Waals surface area contributed by atoms with Crippen LogP contribution in [0.15, 0.2) is 40.1 Å². The smallest absolute Gasteiger partial charge is 0.328 e. The molecule has 0 radical (unpaired) electrons. The Labute approximate surface area is 137 Å². The Morgan fingerprint density at radius 3 is 2.83 bits per heavy atom. The third-order valence-corrected chi connectivity index (χ3v) is 3.81. The molecule has 1 saturated heterocycles. The monoisotopic (exact) mass is 330 g/mol. The van der Waals surface area contributed by atoms with E-state index in [2.05, 4.69) is 9.97 Å². The van der Waals surface area contributed by atoms with Gasteiger partial charge in [-0.1, -0.05) is 6.07 Å². The average Bonchev–Trinajstić information content (AvgIpc) is 2.49. The Bertz CT molecular complexity index is 851. The topological polar surface area (TPSA) is 97.3 Å². The number of rotatable bonds is 5. The fourth-order valence-corrected chi connectivity index (χ4v) is 2.47. The summed E-state index contributed by atoms with van der Waals surface area (Å²) in [7, 11) is 0. The van der Waals surface area contributed by atoms with Crippen molar-refractivity contribution in [2.24, 2.45) is 0 Å². The molecule has 8 nitrogen and oxygen atoms in total. The Morgan fingerprint density at radius 1 is 1.33 bits per heavy atom.